The van der Waals surface area contributed by atoms with Gasteiger partial charge in [-0.3, -0.25) is 10.1 Å². The van der Waals surface area contributed by atoms with Crippen LogP contribution in [0.15, 0.2) is 16.8 Å². The van der Waals surface area contributed by atoms with Gasteiger partial charge in [-0.15, -0.1) is 0 Å². The summed E-state index contributed by atoms with van der Waals surface area (Å²) in [5, 5.41) is 7.58. The molecule has 2 aliphatic rings. The molecular weight excluding hydrogens is 244 g/mol. The summed E-state index contributed by atoms with van der Waals surface area (Å²) in [6.45, 7) is 2.81. The molecule has 4 heteroatoms. The van der Waals surface area contributed by atoms with Crippen LogP contribution in [0.25, 0.3) is 0 Å². The number of rotatable bonds is 2. The Hall–Kier alpha value is -0.870. The summed E-state index contributed by atoms with van der Waals surface area (Å²) in [4.78, 5) is 14.2. The normalized spacial score (nSPS) is 33.1. The molecule has 0 aromatic carbocycles. The molecule has 1 aromatic heterocycles. The lowest BCUT2D eigenvalue weighted by Crippen LogP contribution is -2.41. The largest absolute Gasteiger partial charge is 0.319 e. The first-order valence-electron chi connectivity index (χ1n) is 6.82. The van der Waals surface area contributed by atoms with E-state index in [4.69, 9.17) is 0 Å². The van der Waals surface area contributed by atoms with Crippen molar-refractivity contribution in [3.8, 4) is 0 Å². The molecule has 1 amide bonds. The lowest BCUT2D eigenvalue weighted by molar-refractivity contribution is -0.131. The number of nitrogens with one attached hydrogen (secondary N) is 1. The van der Waals surface area contributed by atoms with E-state index in [2.05, 4.69) is 34.0 Å². The maximum atomic E-state index is 12.1. The third-order valence-corrected chi connectivity index (χ3v) is 4.95. The van der Waals surface area contributed by atoms with Gasteiger partial charge >= 0.3 is 0 Å². The molecule has 0 bridgehead atoms. The van der Waals surface area contributed by atoms with E-state index in [9.17, 15) is 4.79 Å². The summed E-state index contributed by atoms with van der Waals surface area (Å²) in [6.07, 6.45) is 4.95. The zero-order chi connectivity index (χ0) is 12.5. The molecule has 1 saturated carbocycles. The molecule has 1 aromatic rings. The van der Waals surface area contributed by atoms with Gasteiger partial charge in [0, 0.05) is 6.04 Å². The fourth-order valence-electron chi connectivity index (χ4n) is 3.16. The van der Waals surface area contributed by atoms with Crippen LogP contribution in [0.3, 0.4) is 0 Å². The Balaban J connectivity index is 1.77. The molecule has 1 atom stereocenters. The van der Waals surface area contributed by atoms with Crippen molar-refractivity contribution in [3.05, 3.63) is 22.4 Å². The zero-order valence-electron chi connectivity index (χ0n) is 10.8. The maximum absolute atomic E-state index is 12.1. The third-order valence-electron chi connectivity index (χ3n) is 4.25. The molecule has 2 heterocycles. The third kappa shape index (κ3) is 2.19. The van der Waals surface area contributed by atoms with Gasteiger partial charge in [0.1, 0.15) is 6.17 Å². The van der Waals surface area contributed by atoms with Crippen LogP contribution in [0, 0.1) is 5.92 Å². The molecule has 3 nitrogen and oxygen atoms in total. The van der Waals surface area contributed by atoms with Crippen LogP contribution in [0.2, 0.25) is 0 Å². The Morgan fingerprint density at radius 2 is 2.11 bits per heavy atom. The van der Waals surface area contributed by atoms with E-state index in [0.717, 1.165) is 18.8 Å². The van der Waals surface area contributed by atoms with Gasteiger partial charge < -0.3 is 4.90 Å². The maximum Gasteiger partial charge on any atom is 0.238 e. The monoisotopic (exact) mass is 264 g/mol. The molecule has 1 unspecified atom stereocenters. The van der Waals surface area contributed by atoms with Crippen LogP contribution in [0.4, 0.5) is 0 Å². The van der Waals surface area contributed by atoms with Crippen molar-refractivity contribution < 1.29 is 4.79 Å². The number of carbonyl (C=O) groups is 1. The van der Waals surface area contributed by atoms with Gasteiger partial charge in [0.25, 0.3) is 0 Å². The van der Waals surface area contributed by atoms with E-state index >= 15 is 0 Å². The fourth-order valence-corrected chi connectivity index (χ4v) is 3.84. The minimum absolute atomic E-state index is 0.113. The van der Waals surface area contributed by atoms with Crippen LogP contribution in [0.1, 0.15) is 44.3 Å². The average Bonchev–Trinajstić information content (AvgIpc) is 2.99. The van der Waals surface area contributed by atoms with Crippen LogP contribution in [-0.4, -0.2) is 23.4 Å². The lowest BCUT2D eigenvalue weighted by atomic mass is 9.86. The van der Waals surface area contributed by atoms with E-state index in [1.54, 1.807) is 11.3 Å². The fraction of sp³-hybridized carbons (Fsp3) is 0.643. The van der Waals surface area contributed by atoms with Crippen molar-refractivity contribution >= 4 is 17.2 Å². The SMILES string of the molecule is CC1CCC(N2C(=O)CNC2c2ccsc2)CC1. The molecule has 3 rings (SSSR count). The highest BCUT2D eigenvalue weighted by Gasteiger charge is 2.37. The van der Waals surface area contributed by atoms with Crippen molar-refractivity contribution in [2.45, 2.75) is 44.8 Å². The minimum Gasteiger partial charge on any atom is -0.319 e. The Kier molecular flexibility index (Phi) is 3.39. The van der Waals surface area contributed by atoms with Gasteiger partial charge in [0.05, 0.1) is 6.54 Å². The predicted octanol–water partition coefficient (Wildman–Crippen LogP) is 2.76. The molecule has 1 aliphatic carbocycles. The predicted molar refractivity (Wildman–Crippen MR) is 73.3 cm³/mol. The van der Waals surface area contributed by atoms with Crippen LogP contribution >= 0.6 is 11.3 Å². The lowest BCUT2D eigenvalue weighted by Gasteiger charge is -2.36. The second-order valence-corrected chi connectivity index (χ2v) is 6.33. The molecule has 0 radical (unpaired) electrons. The Bertz CT molecular complexity index is 409. The molecule has 1 saturated heterocycles. The summed E-state index contributed by atoms with van der Waals surface area (Å²) >= 11 is 1.70. The smallest absolute Gasteiger partial charge is 0.238 e. The Morgan fingerprint density at radius 3 is 2.78 bits per heavy atom. The average molecular weight is 264 g/mol. The summed E-state index contributed by atoms with van der Waals surface area (Å²) in [6, 6.07) is 2.56. The molecule has 18 heavy (non-hydrogen) atoms. The number of nitrogens with zero attached hydrogens (tertiary/aromatic N) is 1. The standard InChI is InChI=1S/C14H20N2OS/c1-10-2-4-12(5-3-10)16-13(17)8-15-14(16)11-6-7-18-9-11/h6-7,9-10,12,14-15H,2-5,8H2,1H3. The Morgan fingerprint density at radius 1 is 1.33 bits per heavy atom. The van der Waals surface area contributed by atoms with Crippen molar-refractivity contribution in [2.75, 3.05) is 6.54 Å². The highest BCUT2D eigenvalue weighted by molar-refractivity contribution is 7.07. The first kappa shape index (κ1) is 12.2. The van der Waals surface area contributed by atoms with Crippen LogP contribution < -0.4 is 5.32 Å². The molecular formula is C14H20N2OS. The summed E-state index contributed by atoms with van der Waals surface area (Å²) in [5.74, 6) is 1.09. The van der Waals surface area contributed by atoms with E-state index in [-0.39, 0.29) is 12.1 Å². The van der Waals surface area contributed by atoms with Gasteiger partial charge in [0.15, 0.2) is 0 Å². The number of carbonyl (C=O) groups excluding carboxylic acids is 1. The van der Waals surface area contributed by atoms with E-state index < -0.39 is 0 Å². The van der Waals surface area contributed by atoms with Crippen molar-refractivity contribution in [2.24, 2.45) is 5.92 Å². The van der Waals surface area contributed by atoms with Crippen molar-refractivity contribution in [1.82, 2.24) is 10.2 Å². The number of hydrogen-bond donors (Lipinski definition) is 1. The summed E-state index contributed by atoms with van der Waals surface area (Å²) in [5.41, 5.74) is 1.24. The van der Waals surface area contributed by atoms with Crippen LogP contribution in [-0.2, 0) is 4.79 Å². The van der Waals surface area contributed by atoms with Gasteiger partial charge in [0.2, 0.25) is 5.91 Å². The topological polar surface area (TPSA) is 32.3 Å². The second-order valence-electron chi connectivity index (χ2n) is 5.55. The summed E-state index contributed by atoms with van der Waals surface area (Å²) in [7, 11) is 0. The zero-order valence-corrected chi connectivity index (χ0v) is 11.6. The van der Waals surface area contributed by atoms with Gasteiger partial charge in [-0.1, -0.05) is 6.92 Å². The molecule has 0 spiro atoms. The number of amides is 1. The first-order chi connectivity index (χ1) is 8.75. The quantitative estimate of drug-likeness (QED) is 0.891. The number of hydrogen-bond acceptors (Lipinski definition) is 3. The van der Waals surface area contributed by atoms with E-state index in [1.165, 1.54) is 18.4 Å². The van der Waals surface area contributed by atoms with Crippen LogP contribution in [0.5, 0.6) is 0 Å². The molecule has 98 valence electrons. The van der Waals surface area contributed by atoms with Gasteiger partial charge in [-0.2, -0.15) is 11.3 Å². The van der Waals surface area contributed by atoms with E-state index in [0.29, 0.717) is 12.6 Å². The minimum atomic E-state index is 0.113. The van der Waals surface area contributed by atoms with Gasteiger partial charge in [-0.25, -0.2) is 0 Å². The van der Waals surface area contributed by atoms with E-state index in [1.807, 2.05) is 0 Å². The van der Waals surface area contributed by atoms with Crippen molar-refractivity contribution in [3.63, 3.8) is 0 Å². The van der Waals surface area contributed by atoms with Gasteiger partial charge in [-0.05, 0) is 54.0 Å². The summed E-state index contributed by atoms with van der Waals surface area (Å²) < 4.78 is 0. The number of thiophene rings is 1. The first-order valence-corrected chi connectivity index (χ1v) is 7.76. The van der Waals surface area contributed by atoms with Crippen molar-refractivity contribution in [1.29, 1.82) is 0 Å². The molecule has 1 aliphatic heterocycles. The second kappa shape index (κ2) is 5.02. The highest BCUT2D eigenvalue weighted by Crippen LogP contribution is 2.34. The Labute approximate surface area is 112 Å². The highest BCUT2D eigenvalue weighted by atomic mass is 32.1. The molecule has 2 fully saturated rings. The molecule has 1 N–H and O–H groups in total.